The minimum atomic E-state index is -3.61. The van der Waals surface area contributed by atoms with E-state index < -0.39 is 21.2 Å². The van der Waals surface area contributed by atoms with E-state index in [1.807, 2.05) is 6.92 Å². The van der Waals surface area contributed by atoms with Gasteiger partial charge in [-0.05, 0) is 38.8 Å². The molecular formula is C11H20N2O4S. The van der Waals surface area contributed by atoms with E-state index in [9.17, 15) is 13.2 Å². The van der Waals surface area contributed by atoms with Gasteiger partial charge in [0.25, 0.3) is 0 Å². The molecule has 4 atom stereocenters. The number of methoxy groups -OCH3 is 1. The van der Waals surface area contributed by atoms with E-state index in [0.717, 1.165) is 13.1 Å². The van der Waals surface area contributed by atoms with E-state index in [1.165, 1.54) is 18.3 Å². The van der Waals surface area contributed by atoms with Crippen molar-refractivity contribution < 1.29 is 17.9 Å². The molecule has 2 saturated heterocycles. The number of hydrogen-bond donors (Lipinski definition) is 1. The van der Waals surface area contributed by atoms with Crippen LogP contribution in [0.15, 0.2) is 0 Å². The normalized spacial score (nSPS) is 34.3. The van der Waals surface area contributed by atoms with Gasteiger partial charge in [0.1, 0.15) is 0 Å². The van der Waals surface area contributed by atoms with Crippen LogP contribution in [0.25, 0.3) is 0 Å². The standard InChI is InChI=1S/C11H20N2O4S/c1-7-10-5-12-4-9(10)6-13(7)18(15,16)8(2)11(14)17-3/h7-10,12H,4-6H2,1-3H3. The fraction of sp³-hybridized carbons (Fsp3) is 0.909. The first-order valence-electron chi connectivity index (χ1n) is 6.18. The molecule has 6 nitrogen and oxygen atoms in total. The first-order valence-corrected chi connectivity index (χ1v) is 7.69. The zero-order chi connectivity index (χ0) is 13.5. The Bertz CT molecular complexity index is 436. The maximum absolute atomic E-state index is 12.4. The van der Waals surface area contributed by atoms with Crippen molar-refractivity contribution in [3.8, 4) is 0 Å². The SMILES string of the molecule is COC(=O)C(C)S(=O)(=O)N1CC2CNCC2C1C. The number of fused-ring (bicyclic) bond motifs is 1. The summed E-state index contributed by atoms with van der Waals surface area (Å²) in [5, 5.41) is 2.15. The molecule has 4 unspecified atom stereocenters. The van der Waals surface area contributed by atoms with Gasteiger partial charge in [-0.25, -0.2) is 8.42 Å². The molecule has 0 aromatic heterocycles. The number of esters is 1. The van der Waals surface area contributed by atoms with E-state index in [1.54, 1.807) is 0 Å². The molecule has 2 aliphatic rings. The molecule has 2 aliphatic heterocycles. The number of sulfonamides is 1. The topological polar surface area (TPSA) is 75.7 Å². The summed E-state index contributed by atoms with van der Waals surface area (Å²) in [6.45, 7) is 5.51. The second-order valence-corrected chi connectivity index (χ2v) is 7.31. The Balaban J connectivity index is 2.19. The van der Waals surface area contributed by atoms with Crippen molar-refractivity contribution in [2.75, 3.05) is 26.7 Å². The van der Waals surface area contributed by atoms with Crippen LogP contribution in [-0.4, -0.2) is 56.7 Å². The molecule has 0 aromatic carbocycles. The molecule has 0 spiro atoms. The van der Waals surface area contributed by atoms with Crippen molar-refractivity contribution in [2.45, 2.75) is 25.1 Å². The van der Waals surface area contributed by atoms with Crippen molar-refractivity contribution in [1.82, 2.24) is 9.62 Å². The summed E-state index contributed by atoms with van der Waals surface area (Å²) >= 11 is 0. The summed E-state index contributed by atoms with van der Waals surface area (Å²) in [7, 11) is -2.40. The van der Waals surface area contributed by atoms with Gasteiger partial charge in [0.05, 0.1) is 7.11 Å². The van der Waals surface area contributed by atoms with Crippen LogP contribution in [0.2, 0.25) is 0 Å². The Morgan fingerprint density at radius 2 is 2.11 bits per heavy atom. The zero-order valence-electron chi connectivity index (χ0n) is 10.9. The van der Waals surface area contributed by atoms with Gasteiger partial charge in [0.15, 0.2) is 5.25 Å². The Labute approximate surface area is 108 Å². The van der Waals surface area contributed by atoms with Crippen molar-refractivity contribution in [1.29, 1.82) is 0 Å². The molecule has 2 fully saturated rings. The van der Waals surface area contributed by atoms with Crippen LogP contribution >= 0.6 is 0 Å². The van der Waals surface area contributed by atoms with Crippen molar-refractivity contribution in [3.63, 3.8) is 0 Å². The first kappa shape index (κ1) is 13.8. The molecule has 0 saturated carbocycles. The average Bonchev–Trinajstić information content (AvgIpc) is 2.91. The van der Waals surface area contributed by atoms with E-state index >= 15 is 0 Å². The molecular weight excluding hydrogens is 256 g/mol. The molecule has 1 N–H and O–H groups in total. The quantitative estimate of drug-likeness (QED) is 0.698. The first-order chi connectivity index (χ1) is 8.39. The Morgan fingerprint density at radius 1 is 1.44 bits per heavy atom. The van der Waals surface area contributed by atoms with Gasteiger partial charge >= 0.3 is 5.97 Å². The molecule has 2 rings (SSSR count). The van der Waals surface area contributed by atoms with Gasteiger partial charge in [0, 0.05) is 12.6 Å². The van der Waals surface area contributed by atoms with Gasteiger partial charge in [-0.2, -0.15) is 4.31 Å². The molecule has 0 radical (unpaired) electrons. The van der Waals surface area contributed by atoms with Crippen LogP contribution in [0.3, 0.4) is 0 Å². The van der Waals surface area contributed by atoms with Gasteiger partial charge < -0.3 is 10.1 Å². The highest BCUT2D eigenvalue weighted by Crippen LogP contribution is 2.35. The molecule has 2 heterocycles. The monoisotopic (exact) mass is 276 g/mol. The highest BCUT2D eigenvalue weighted by molar-refractivity contribution is 7.90. The second-order valence-electron chi connectivity index (χ2n) is 5.10. The number of hydrogen-bond acceptors (Lipinski definition) is 5. The lowest BCUT2D eigenvalue weighted by Gasteiger charge is -2.26. The Morgan fingerprint density at radius 3 is 2.67 bits per heavy atom. The molecule has 0 aliphatic carbocycles. The highest BCUT2D eigenvalue weighted by Gasteiger charge is 2.49. The van der Waals surface area contributed by atoms with Crippen LogP contribution in [0, 0.1) is 11.8 Å². The van der Waals surface area contributed by atoms with Crippen molar-refractivity contribution >= 4 is 16.0 Å². The van der Waals surface area contributed by atoms with E-state index in [-0.39, 0.29) is 6.04 Å². The summed E-state index contributed by atoms with van der Waals surface area (Å²) in [4.78, 5) is 11.4. The van der Waals surface area contributed by atoms with E-state index in [4.69, 9.17) is 0 Å². The minimum absolute atomic E-state index is 0.0536. The fourth-order valence-corrected chi connectivity index (χ4v) is 4.72. The van der Waals surface area contributed by atoms with E-state index in [2.05, 4.69) is 10.1 Å². The Kier molecular flexibility index (Phi) is 3.66. The number of ether oxygens (including phenoxy) is 1. The largest absolute Gasteiger partial charge is 0.468 e. The summed E-state index contributed by atoms with van der Waals surface area (Å²) in [6.07, 6.45) is 0. The summed E-state index contributed by atoms with van der Waals surface area (Å²) in [5.74, 6) is 0.0154. The van der Waals surface area contributed by atoms with Crippen LogP contribution in [0.5, 0.6) is 0 Å². The van der Waals surface area contributed by atoms with Gasteiger partial charge in [0.2, 0.25) is 10.0 Å². The number of carbonyl (C=O) groups is 1. The van der Waals surface area contributed by atoms with Crippen LogP contribution < -0.4 is 5.32 Å². The maximum Gasteiger partial charge on any atom is 0.325 e. The highest BCUT2D eigenvalue weighted by atomic mass is 32.2. The lowest BCUT2D eigenvalue weighted by molar-refractivity contribution is -0.139. The number of rotatable bonds is 3. The fourth-order valence-electron chi connectivity index (χ4n) is 2.96. The predicted molar refractivity (Wildman–Crippen MR) is 66.4 cm³/mol. The minimum Gasteiger partial charge on any atom is -0.468 e. The third-order valence-corrected chi connectivity index (χ3v) is 6.41. The summed E-state index contributed by atoms with van der Waals surface area (Å²) < 4.78 is 30.8. The number of nitrogens with one attached hydrogen (secondary N) is 1. The average molecular weight is 276 g/mol. The summed E-state index contributed by atoms with van der Waals surface area (Å²) in [5.41, 5.74) is 0. The van der Waals surface area contributed by atoms with Gasteiger partial charge in [-0.1, -0.05) is 0 Å². The molecule has 7 heteroatoms. The second kappa shape index (κ2) is 4.79. The molecule has 104 valence electrons. The van der Waals surface area contributed by atoms with Gasteiger partial charge in [-0.15, -0.1) is 0 Å². The van der Waals surface area contributed by atoms with Gasteiger partial charge in [-0.3, -0.25) is 4.79 Å². The molecule has 0 amide bonds. The lowest BCUT2D eigenvalue weighted by Crippen LogP contribution is -2.45. The van der Waals surface area contributed by atoms with Crippen LogP contribution in [0.4, 0.5) is 0 Å². The number of carbonyl (C=O) groups excluding carboxylic acids is 1. The van der Waals surface area contributed by atoms with Crippen LogP contribution in [0.1, 0.15) is 13.8 Å². The zero-order valence-corrected chi connectivity index (χ0v) is 11.7. The maximum atomic E-state index is 12.4. The summed E-state index contributed by atoms with van der Waals surface area (Å²) in [6, 6.07) is -0.0536. The smallest absolute Gasteiger partial charge is 0.325 e. The molecule has 18 heavy (non-hydrogen) atoms. The molecule has 0 aromatic rings. The van der Waals surface area contributed by atoms with Crippen molar-refractivity contribution in [2.24, 2.45) is 11.8 Å². The third kappa shape index (κ3) is 2.04. The number of nitrogens with zero attached hydrogens (tertiary/aromatic N) is 1. The van der Waals surface area contributed by atoms with Crippen LogP contribution in [-0.2, 0) is 19.6 Å². The third-order valence-electron chi connectivity index (χ3n) is 4.19. The predicted octanol–water partition coefficient (Wildman–Crippen LogP) is -0.583. The molecule has 0 bridgehead atoms. The Hall–Kier alpha value is -0.660. The van der Waals surface area contributed by atoms with E-state index in [0.29, 0.717) is 18.4 Å². The lowest BCUT2D eigenvalue weighted by atomic mass is 9.95. The van der Waals surface area contributed by atoms with Crippen molar-refractivity contribution in [3.05, 3.63) is 0 Å².